The maximum atomic E-state index is 12.0. The number of imidazole rings is 1. The SMILES string of the molecule is CC.Cc1nc2c3c(ccn2c1C)C(=O)C(S)CN3. The van der Waals surface area contributed by atoms with Crippen LogP contribution in [0.25, 0.3) is 5.65 Å². The first-order valence-electron chi connectivity index (χ1n) is 6.54. The quantitative estimate of drug-likeness (QED) is 0.728. The fourth-order valence-electron chi connectivity index (χ4n) is 2.19. The molecule has 0 saturated carbocycles. The van der Waals surface area contributed by atoms with Crippen LogP contribution in [-0.2, 0) is 0 Å². The van der Waals surface area contributed by atoms with E-state index in [2.05, 4.69) is 22.9 Å². The van der Waals surface area contributed by atoms with Gasteiger partial charge in [-0.3, -0.25) is 4.79 Å². The summed E-state index contributed by atoms with van der Waals surface area (Å²) in [6, 6.07) is 1.84. The molecule has 102 valence electrons. The number of fused-ring (bicyclic) bond motifs is 3. The lowest BCUT2D eigenvalue weighted by molar-refractivity contribution is 0.0990. The van der Waals surface area contributed by atoms with Crippen LogP contribution >= 0.6 is 12.6 Å². The summed E-state index contributed by atoms with van der Waals surface area (Å²) >= 11 is 4.26. The molecule has 1 aliphatic heterocycles. The van der Waals surface area contributed by atoms with Crippen LogP contribution in [0.2, 0.25) is 0 Å². The number of carbonyl (C=O) groups excluding carboxylic acids is 1. The number of pyridine rings is 1. The van der Waals surface area contributed by atoms with E-state index in [0.717, 1.165) is 22.7 Å². The van der Waals surface area contributed by atoms with Crippen molar-refractivity contribution in [3.8, 4) is 0 Å². The Morgan fingerprint density at radius 3 is 2.79 bits per heavy atom. The highest BCUT2D eigenvalue weighted by Crippen LogP contribution is 2.29. The van der Waals surface area contributed by atoms with Gasteiger partial charge in [0.2, 0.25) is 0 Å². The Kier molecular flexibility index (Phi) is 3.85. The van der Waals surface area contributed by atoms with Crippen molar-refractivity contribution in [2.75, 3.05) is 11.9 Å². The van der Waals surface area contributed by atoms with Gasteiger partial charge in [-0.05, 0) is 19.9 Å². The van der Waals surface area contributed by atoms with Gasteiger partial charge in [0.05, 0.1) is 16.6 Å². The molecule has 5 heteroatoms. The lowest BCUT2D eigenvalue weighted by Crippen LogP contribution is -2.30. The molecule has 0 spiro atoms. The van der Waals surface area contributed by atoms with Crippen molar-refractivity contribution in [1.29, 1.82) is 0 Å². The molecule has 19 heavy (non-hydrogen) atoms. The molecule has 0 amide bonds. The Bertz CT molecular complexity index is 633. The van der Waals surface area contributed by atoms with Crippen LogP contribution in [0.15, 0.2) is 12.3 Å². The third-order valence-electron chi connectivity index (χ3n) is 3.31. The highest BCUT2D eigenvalue weighted by atomic mass is 32.1. The van der Waals surface area contributed by atoms with Gasteiger partial charge in [-0.25, -0.2) is 4.98 Å². The van der Waals surface area contributed by atoms with E-state index in [9.17, 15) is 4.79 Å². The van der Waals surface area contributed by atoms with E-state index in [0.29, 0.717) is 12.1 Å². The molecule has 0 bridgehead atoms. The number of thiol groups is 1. The first kappa shape index (κ1) is 13.9. The second-order valence-corrected chi connectivity index (χ2v) is 4.96. The lowest BCUT2D eigenvalue weighted by atomic mass is 10.0. The largest absolute Gasteiger partial charge is 0.380 e. The standard InChI is InChI=1S/C12H13N3OS.C2H6/c1-6-7(2)15-4-3-8-10(12(15)14-6)13-5-9(17)11(8)16;1-2/h3-4,9,13,17H,5H2,1-2H3;1-2H3. The third kappa shape index (κ3) is 2.12. The number of ketones is 1. The fraction of sp³-hybridized carbons (Fsp3) is 0.429. The van der Waals surface area contributed by atoms with Crippen LogP contribution in [0.4, 0.5) is 5.69 Å². The van der Waals surface area contributed by atoms with Crippen molar-refractivity contribution in [2.24, 2.45) is 0 Å². The first-order valence-corrected chi connectivity index (χ1v) is 7.05. The molecule has 0 radical (unpaired) electrons. The molecule has 0 aliphatic carbocycles. The normalized spacial score (nSPS) is 17.5. The Morgan fingerprint density at radius 2 is 2.11 bits per heavy atom. The van der Waals surface area contributed by atoms with Crippen LogP contribution in [0, 0.1) is 13.8 Å². The minimum absolute atomic E-state index is 0.0721. The number of anilines is 1. The van der Waals surface area contributed by atoms with Crippen molar-refractivity contribution in [3.63, 3.8) is 0 Å². The number of aryl methyl sites for hydroxylation is 2. The molecule has 0 saturated heterocycles. The monoisotopic (exact) mass is 277 g/mol. The topological polar surface area (TPSA) is 46.4 Å². The highest BCUT2D eigenvalue weighted by Gasteiger charge is 2.27. The minimum atomic E-state index is -0.262. The van der Waals surface area contributed by atoms with Gasteiger partial charge in [0.25, 0.3) is 0 Å². The van der Waals surface area contributed by atoms with E-state index < -0.39 is 0 Å². The van der Waals surface area contributed by atoms with Crippen LogP contribution in [-0.4, -0.2) is 27.0 Å². The lowest BCUT2D eigenvalue weighted by Gasteiger charge is -2.21. The molecule has 1 N–H and O–H groups in total. The van der Waals surface area contributed by atoms with Crippen molar-refractivity contribution >= 4 is 29.7 Å². The summed E-state index contributed by atoms with van der Waals surface area (Å²) < 4.78 is 2.01. The summed E-state index contributed by atoms with van der Waals surface area (Å²) in [5.41, 5.74) is 4.43. The molecule has 2 aromatic rings. The Hall–Kier alpha value is -1.49. The molecule has 3 rings (SSSR count). The summed E-state index contributed by atoms with van der Waals surface area (Å²) in [7, 11) is 0. The van der Waals surface area contributed by atoms with Gasteiger partial charge in [-0.2, -0.15) is 12.6 Å². The molecule has 2 aromatic heterocycles. The maximum Gasteiger partial charge on any atom is 0.179 e. The van der Waals surface area contributed by atoms with Gasteiger partial charge in [0, 0.05) is 24.0 Å². The number of nitrogens with zero attached hydrogens (tertiary/aromatic N) is 2. The van der Waals surface area contributed by atoms with E-state index in [1.165, 1.54) is 0 Å². The van der Waals surface area contributed by atoms with Gasteiger partial charge in [-0.15, -0.1) is 0 Å². The van der Waals surface area contributed by atoms with E-state index in [1.807, 2.05) is 44.4 Å². The Labute approximate surface area is 118 Å². The highest BCUT2D eigenvalue weighted by molar-refractivity contribution is 7.81. The van der Waals surface area contributed by atoms with Crippen molar-refractivity contribution in [3.05, 3.63) is 29.2 Å². The van der Waals surface area contributed by atoms with Crippen molar-refractivity contribution in [1.82, 2.24) is 9.38 Å². The molecular formula is C14H19N3OS. The summed E-state index contributed by atoms with van der Waals surface area (Å²) in [4.78, 5) is 16.5. The average molecular weight is 277 g/mol. The van der Waals surface area contributed by atoms with Crippen LogP contribution in [0.3, 0.4) is 0 Å². The predicted octanol–water partition coefficient (Wildman–Crippen LogP) is 2.88. The molecule has 1 atom stereocenters. The predicted molar refractivity (Wildman–Crippen MR) is 81.6 cm³/mol. The number of rotatable bonds is 0. The molecule has 0 fully saturated rings. The van der Waals surface area contributed by atoms with Gasteiger partial charge in [0.15, 0.2) is 11.4 Å². The second-order valence-electron chi connectivity index (χ2n) is 4.34. The van der Waals surface area contributed by atoms with Crippen LogP contribution in [0.1, 0.15) is 35.6 Å². The molecule has 1 unspecified atom stereocenters. The second kappa shape index (κ2) is 5.25. The van der Waals surface area contributed by atoms with Gasteiger partial charge in [0.1, 0.15) is 0 Å². The first-order chi connectivity index (χ1) is 9.09. The summed E-state index contributed by atoms with van der Waals surface area (Å²) in [5.74, 6) is 0.0721. The number of carbonyl (C=O) groups is 1. The van der Waals surface area contributed by atoms with Crippen molar-refractivity contribution in [2.45, 2.75) is 32.9 Å². The van der Waals surface area contributed by atoms with Gasteiger partial charge >= 0.3 is 0 Å². The zero-order valence-electron chi connectivity index (χ0n) is 11.7. The smallest absolute Gasteiger partial charge is 0.179 e. The molecule has 0 aromatic carbocycles. The summed E-state index contributed by atoms with van der Waals surface area (Å²) in [6.07, 6.45) is 1.90. The van der Waals surface area contributed by atoms with Gasteiger partial charge in [-0.1, -0.05) is 13.8 Å². The Balaban J connectivity index is 0.000000637. The molecule has 3 heterocycles. The van der Waals surface area contributed by atoms with E-state index in [1.54, 1.807) is 0 Å². The average Bonchev–Trinajstić information content (AvgIpc) is 2.72. The summed E-state index contributed by atoms with van der Waals surface area (Å²) in [6.45, 7) is 8.55. The van der Waals surface area contributed by atoms with E-state index in [4.69, 9.17) is 0 Å². The number of Topliss-reactive ketones (excluding diaryl/α,β-unsaturated/α-hetero) is 1. The van der Waals surface area contributed by atoms with Crippen molar-refractivity contribution < 1.29 is 4.79 Å². The van der Waals surface area contributed by atoms with Crippen LogP contribution in [0.5, 0.6) is 0 Å². The number of hydrogen-bond donors (Lipinski definition) is 2. The number of nitrogens with one attached hydrogen (secondary N) is 1. The number of hydrogen-bond acceptors (Lipinski definition) is 4. The van der Waals surface area contributed by atoms with E-state index in [-0.39, 0.29) is 11.0 Å². The van der Waals surface area contributed by atoms with E-state index >= 15 is 0 Å². The number of aromatic nitrogens is 2. The zero-order valence-corrected chi connectivity index (χ0v) is 12.6. The third-order valence-corrected chi connectivity index (χ3v) is 3.73. The fourth-order valence-corrected chi connectivity index (χ4v) is 2.42. The Morgan fingerprint density at radius 1 is 1.42 bits per heavy atom. The van der Waals surface area contributed by atoms with Gasteiger partial charge < -0.3 is 9.72 Å². The molecule has 1 aliphatic rings. The summed E-state index contributed by atoms with van der Waals surface area (Å²) in [5, 5.41) is 2.98. The zero-order chi connectivity index (χ0) is 14.2. The maximum absolute atomic E-state index is 12.0. The minimum Gasteiger partial charge on any atom is -0.380 e. The molecular weight excluding hydrogens is 258 g/mol. The molecule has 4 nitrogen and oxygen atoms in total. The van der Waals surface area contributed by atoms with Crippen LogP contribution < -0.4 is 5.32 Å².